The number of pyridine rings is 1. The molecule has 42 heavy (non-hydrogen) atoms. The first-order valence-corrected chi connectivity index (χ1v) is 14.4. The van der Waals surface area contributed by atoms with E-state index in [4.69, 9.17) is 37.4 Å². The van der Waals surface area contributed by atoms with Gasteiger partial charge >= 0.3 is 18.6 Å². The van der Waals surface area contributed by atoms with E-state index in [0.29, 0.717) is 9.04 Å². The Labute approximate surface area is 249 Å². The third-order valence-corrected chi connectivity index (χ3v) is 7.53. The molecule has 0 N–H and O–H groups in total. The maximum atomic E-state index is 13.3. The minimum atomic E-state index is -4.15. The Morgan fingerprint density at radius 1 is 1.05 bits per heavy atom. The molecule has 1 aromatic heterocycles. The fourth-order valence-corrected chi connectivity index (χ4v) is 5.34. The van der Waals surface area contributed by atoms with Crippen LogP contribution in [-0.4, -0.2) is 54.0 Å². The number of hydrogen-bond acceptors (Lipinski definition) is 9. The van der Waals surface area contributed by atoms with E-state index in [1.165, 1.54) is 43.5 Å². The fraction of sp³-hybridized carbons (Fsp3) is 0.269. The van der Waals surface area contributed by atoms with Crippen molar-refractivity contribution in [2.75, 3.05) is 31.3 Å². The second-order valence-corrected chi connectivity index (χ2v) is 11.3. The lowest BCUT2D eigenvalue weighted by Crippen LogP contribution is -2.37. The maximum absolute atomic E-state index is 13.3. The zero-order chi connectivity index (χ0) is 31.2. The topological polar surface area (TPSA) is 135 Å². The molecular formula is C26H24Cl2F2N2O9S. The molecule has 0 aliphatic rings. The van der Waals surface area contributed by atoms with Crippen LogP contribution in [0, 0.1) is 5.21 Å². The van der Waals surface area contributed by atoms with Crippen LogP contribution in [-0.2, 0) is 30.7 Å². The first-order valence-electron chi connectivity index (χ1n) is 11.8. The summed E-state index contributed by atoms with van der Waals surface area (Å²) in [5, 5.41) is 11.6. The number of nitrogens with zero attached hydrogens (tertiary/aromatic N) is 2. The van der Waals surface area contributed by atoms with E-state index in [0.717, 1.165) is 31.8 Å². The van der Waals surface area contributed by atoms with Gasteiger partial charge in [-0.25, -0.2) is 13.2 Å². The lowest BCUT2D eigenvalue weighted by atomic mass is 10.0. The van der Waals surface area contributed by atoms with Crippen molar-refractivity contribution in [2.24, 2.45) is 0 Å². The number of halogens is 4. The molecule has 0 unspecified atom stereocenters. The number of aromatic nitrogens is 1. The molecule has 3 rings (SSSR count). The second kappa shape index (κ2) is 13.9. The van der Waals surface area contributed by atoms with Gasteiger partial charge in [0.1, 0.15) is 22.7 Å². The largest absolute Gasteiger partial charge is 0.619 e. The summed E-state index contributed by atoms with van der Waals surface area (Å²) in [5.74, 6) is -2.33. The first kappa shape index (κ1) is 32.6. The molecule has 0 bridgehead atoms. The van der Waals surface area contributed by atoms with Crippen LogP contribution < -0.4 is 18.5 Å². The van der Waals surface area contributed by atoms with E-state index in [1.54, 1.807) is 0 Å². The number of alkyl halides is 2. The number of carbonyl (C=O) groups excluding carboxylic acids is 2. The number of rotatable bonds is 12. The van der Waals surface area contributed by atoms with Crippen LogP contribution in [0.15, 0.2) is 54.9 Å². The van der Waals surface area contributed by atoms with Gasteiger partial charge in [0.2, 0.25) is 10.0 Å². The first-order chi connectivity index (χ1) is 19.7. The van der Waals surface area contributed by atoms with Gasteiger partial charge in [0.05, 0.1) is 31.7 Å². The summed E-state index contributed by atoms with van der Waals surface area (Å²) < 4.78 is 72.1. The molecule has 0 aliphatic heterocycles. The van der Waals surface area contributed by atoms with E-state index < -0.39 is 41.2 Å². The summed E-state index contributed by atoms with van der Waals surface area (Å²) in [6.07, 6.45) is 1.41. The lowest BCUT2D eigenvalue weighted by molar-refractivity contribution is -0.605. The molecule has 0 fully saturated rings. The van der Waals surface area contributed by atoms with Crippen molar-refractivity contribution >= 4 is 50.9 Å². The smallest absolute Gasteiger partial charge is 0.387 e. The summed E-state index contributed by atoms with van der Waals surface area (Å²) in [6, 6.07) is 9.34. The predicted octanol–water partition coefficient (Wildman–Crippen LogP) is 4.32. The van der Waals surface area contributed by atoms with Crippen molar-refractivity contribution in [3.63, 3.8) is 0 Å². The average Bonchev–Trinajstić information content (AvgIpc) is 2.91. The quantitative estimate of drug-likeness (QED) is 0.160. The Morgan fingerprint density at radius 3 is 2.26 bits per heavy atom. The van der Waals surface area contributed by atoms with Crippen molar-refractivity contribution in [1.29, 1.82) is 0 Å². The highest BCUT2D eigenvalue weighted by Crippen LogP contribution is 2.36. The summed E-state index contributed by atoms with van der Waals surface area (Å²) in [6.45, 7) is -4.02. The van der Waals surface area contributed by atoms with E-state index in [2.05, 4.69) is 4.74 Å². The number of carbonyl (C=O) groups is 2. The van der Waals surface area contributed by atoms with Gasteiger partial charge < -0.3 is 24.2 Å². The average molecular weight is 649 g/mol. The van der Waals surface area contributed by atoms with Crippen LogP contribution in [0.5, 0.6) is 11.5 Å². The Morgan fingerprint density at radius 2 is 1.69 bits per heavy atom. The number of methoxy groups -OCH3 is 2. The van der Waals surface area contributed by atoms with Gasteiger partial charge in [-0.2, -0.15) is 13.5 Å². The van der Waals surface area contributed by atoms with Gasteiger partial charge in [-0.3, -0.25) is 9.10 Å². The standard InChI is InChI=1S/C26H24Cl2F2N2O9S/c1-38-23-10-15(8-9-21(23)41-26(29)30)22(11-17-18(27)12-31(35)13-19(17)28)40-24(33)14-32(42(3,36)37)20-7-5-4-6-16(20)25(34)39-2/h4-10,12-13,22,26H,11,14H2,1-3H3/t22-/m0/s1. The van der Waals surface area contributed by atoms with Gasteiger partial charge in [-0.05, 0) is 29.8 Å². The summed E-state index contributed by atoms with van der Waals surface area (Å²) in [4.78, 5) is 25.6. The van der Waals surface area contributed by atoms with Crippen molar-refractivity contribution in [1.82, 2.24) is 0 Å². The molecule has 1 atom stereocenters. The maximum Gasteiger partial charge on any atom is 0.387 e. The van der Waals surface area contributed by atoms with Gasteiger partial charge in [0.15, 0.2) is 23.9 Å². The molecule has 0 amide bonds. The molecule has 16 heteroatoms. The van der Waals surface area contributed by atoms with Crippen LogP contribution in [0.25, 0.3) is 0 Å². The summed E-state index contributed by atoms with van der Waals surface area (Å²) in [5.41, 5.74) is 0.146. The molecule has 226 valence electrons. The zero-order valence-corrected chi connectivity index (χ0v) is 24.6. The monoisotopic (exact) mass is 648 g/mol. The van der Waals surface area contributed by atoms with Crippen molar-refractivity contribution < 1.29 is 50.5 Å². The minimum Gasteiger partial charge on any atom is -0.619 e. The number of benzene rings is 2. The lowest BCUT2D eigenvalue weighted by Gasteiger charge is -2.25. The highest BCUT2D eigenvalue weighted by molar-refractivity contribution is 7.92. The van der Waals surface area contributed by atoms with Crippen LogP contribution in [0.3, 0.4) is 0 Å². The van der Waals surface area contributed by atoms with Crippen LogP contribution in [0.4, 0.5) is 14.5 Å². The van der Waals surface area contributed by atoms with Crippen LogP contribution in [0.1, 0.15) is 27.6 Å². The van der Waals surface area contributed by atoms with Gasteiger partial charge in [-0.15, -0.1) is 0 Å². The van der Waals surface area contributed by atoms with E-state index >= 15 is 0 Å². The van der Waals surface area contributed by atoms with Crippen molar-refractivity contribution in [2.45, 2.75) is 19.1 Å². The number of sulfonamides is 1. The molecule has 11 nitrogen and oxygen atoms in total. The molecular weight excluding hydrogens is 625 g/mol. The number of anilines is 1. The highest BCUT2D eigenvalue weighted by atomic mass is 35.5. The zero-order valence-electron chi connectivity index (χ0n) is 22.3. The fourth-order valence-electron chi connectivity index (χ4n) is 3.88. The third-order valence-electron chi connectivity index (χ3n) is 5.75. The van der Waals surface area contributed by atoms with E-state index in [9.17, 15) is 32.0 Å². The molecule has 0 spiro atoms. The number of hydrogen-bond donors (Lipinski definition) is 0. The van der Waals surface area contributed by atoms with Gasteiger partial charge in [0.25, 0.3) is 0 Å². The van der Waals surface area contributed by atoms with Crippen molar-refractivity contribution in [3.8, 4) is 11.5 Å². The number of esters is 2. The molecule has 0 radical (unpaired) electrons. The second-order valence-electron chi connectivity index (χ2n) is 8.54. The number of ether oxygens (including phenoxy) is 4. The van der Waals surface area contributed by atoms with E-state index in [-0.39, 0.29) is 50.3 Å². The minimum absolute atomic E-state index is 0.0621. The molecule has 2 aromatic carbocycles. The Hall–Kier alpha value is -3.88. The molecule has 0 saturated heterocycles. The highest BCUT2D eigenvalue weighted by Gasteiger charge is 2.29. The SMILES string of the molecule is COC(=O)c1ccccc1N(CC(=O)O[C@@H](Cc1c(Cl)c[n+]([O-])cc1Cl)c1ccc(OC(F)F)c(OC)c1)S(C)(=O)=O. The van der Waals surface area contributed by atoms with E-state index in [1.807, 2.05) is 0 Å². The van der Waals surface area contributed by atoms with Gasteiger partial charge in [-0.1, -0.05) is 41.4 Å². The Bertz CT molecular complexity index is 1550. The Kier molecular flexibility index (Phi) is 10.8. The van der Waals surface area contributed by atoms with Crippen molar-refractivity contribution in [3.05, 3.63) is 86.8 Å². The van der Waals surface area contributed by atoms with Crippen LogP contribution in [0.2, 0.25) is 10.0 Å². The molecule has 0 aliphatic carbocycles. The van der Waals surface area contributed by atoms with Crippen LogP contribution >= 0.6 is 23.2 Å². The summed E-state index contributed by atoms with van der Waals surface area (Å²) in [7, 11) is -1.82. The predicted molar refractivity (Wildman–Crippen MR) is 148 cm³/mol. The molecule has 0 saturated carbocycles. The summed E-state index contributed by atoms with van der Waals surface area (Å²) >= 11 is 12.4. The molecule has 3 aromatic rings. The third kappa shape index (κ3) is 8.11. The normalized spacial score (nSPS) is 12.0. The van der Waals surface area contributed by atoms with Gasteiger partial charge in [0, 0.05) is 12.0 Å². The molecule has 1 heterocycles. The Balaban J connectivity index is 2.03. The number of para-hydroxylation sites is 1.